The van der Waals surface area contributed by atoms with E-state index in [0.717, 1.165) is 10.8 Å². The Kier molecular flexibility index (Phi) is 4.40. The van der Waals surface area contributed by atoms with Crippen molar-refractivity contribution < 1.29 is 14.3 Å². The molecule has 24 heavy (non-hydrogen) atoms. The SMILES string of the molecule is CCn1nc(C)c(C(=O)Oc2cc3cnccc3cc2OC)c1Cl. The van der Waals surface area contributed by atoms with Gasteiger partial charge in [-0.1, -0.05) is 11.6 Å². The van der Waals surface area contributed by atoms with Gasteiger partial charge in [-0.25, -0.2) is 4.79 Å². The van der Waals surface area contributed by atoms with E-state index in [2.05, 4.69) is 10.1 Å². The van der Waals surface area contributed by atoms with Gasteiger partial charge in [-0.15, -0.1) is 0 Å². The minimum Gasteiger partial charge on any atom is -0.493 e. The zero-order chi connectivity index (χ0) is 17.3. The van der Waals surface area contributed by atoms with Gasteiger partial charge in [0.05, 0.1) is 12.8 Å². The van der Waals surface area contributed by atoms with Crippen LogP contribution in [0.3, 0.4) is 0 Å². The number of aromatic nitrogens is 3. The van der Waals surface area contributed by atoms with Crippen molar-refractivity contribution in [1.82, 2.24) is 14.8 Å². The molecule has 6 nitrogen and oxygen atoms in total. The number of halogens is 1. The van der Waals surface area contributed by atoms with Crippen LogP contribution in [0.4, 0.5) is 0 Å². The molecule has 1 aromatic carbocycles. The van der Waals surface area contributed by atoms with Gasteiger partial charge in [-0.2, -0.15) is 5.10 Å². The van der Waals surface area contributed by atoms with Crippen LogP contribution >= 0.6 is 11.6 Å². The summed E-state index contributed by atoms with van der Waals surface area (Å²) in [6, 6.07) is 5.37. The summed E-state index contributed by atoms with van der Waals surface area (Å²) in [5, 5.41) is 6.27. The van der Waals surface area contributed by atoms with Crippen molar-refractivity contribution in [2.75, 3.05) is 7.11 Å². The second-order valence-electron chi connectivity index (χ2n) is 5.18. The van der Waals surface area contributed by atoms with Crippen LogP contribution < -0.4 is 9.47 Å². The fourth-order valence-corrected chi connectivity index (χ4v) is 2.85. The van der Waals surface area contributed by atoms with Crippen LogP contribution in [0.15, 0.2) is 30.6 Å². The monoisotopic (exact) mass is 345 g/mol. The van der Waals surface area contributed by atoms with Gasteiger partial charge in [-0.3, -0.25) is 9.67 Å². The number of aryl methyl sites for hydroxylation is 2. The number of methoxy groups -OCH3 is 1. The minimum absolute atomic E-state index is 0.256. The molecule has 124 valence electrons. The zero-order valence-corrected chi connectivity index (χ0v) is 14.3. The molecule has 0 bridgehead atoms. The molecule has 0 fully saturated rings. The molecule has 0 amide bonds. The van der Waals surface area contributed by atoms with Gasteiger partial charge >= 0.3 is 5.97 Å². The molecule has 0 saturated heterocycles. The van der Waals surface area contributed by atoms with E-state index in [9.17, 15) is 4.79 Å². The van der Waals surface area contributed by atoms with E-state index in [-0.39, 0.29) is 10.7 Å². The second-order valence-corrected chi connectivity index (χ2v) is 5.54. The Morgan fingerprint density at radius 3 is 2.71 bits per heavy atom. The summed E-state index contributed by atoms with van der Waals surface area (Å²) < 4.78 is 12.4. The van der Waals surface area contributed by atoms with Crippen LogP contribution in [0.5, 0.6) is 11.5 Å². The molecule has 3 rings (SSSR count). The summed E-state index contributed by atoms with van der Waals surface area (Å²) in [6.07, 6.45) is 3.38. The highest BCUT2D eigenvalue weighted by atomic mass is 35.5. The summed E-state index contributed by atoms with van der Waals surface area (Å²) in [5.41, 5.74) is 0.778. The molecule has 0 N–H and O–H groups in total. The largest absolute Gasteiger partial charge is 0.493 e. The molecule has 0 aliphatic heterocycles. The Morgan fingerprint density at radius 2 is 2.04 bits per heavy atom. The summed E-state index contributed by atoms with van der Waals surface area (Å²) in [4.78, 5) is 16.6. The molecule has 0 saturated carbocycles. The van der Waals surface area contributed by atoms with E-state index >= 15 is 0 Å². The van der Waals surface area contributed by atoms with E-state index in [0.29, 0.717) is 23.7 Å². The van der Waals surface area contributed by atoms with Crippen molar-refractivity contribution in [1.29, 1.82) is 0 Å². The number of fused-ring (bicyclic) bond motifs is 1. The van der Waals surface area contributed by atoms with Gasteiger partial charge in [0.1, 0.15) is 10.7 Å². The van der Waals surface area contributed by atoms with Crippen molar-refractivity contribution in [3.05, 3.63) is 47.0 Å². The first-order valence-electron chi connectivity index (χ1n) is 7.42. The van der Waals surface area contributed by atoms with Crippen LogP contribution in [0.2, 0.25) is 5.15 Å². The van der Waals surface area contributed by atoms with Crippen molar-refractivity contribution in [2.45, 2.75) is 20.4 Å². The third-order valence-electron chi connectivity index (χ3n) is 3.69. The molecule has 2 heterocycles. The third kappa shape index (κ3) is 2.80. The second kappa shape index (κ2) is 6.49. The number of pyridine rings is 1. The summed E-state index contributed by atoms with van der Waals surface area (Å²) in [6.45, 7) is 4.18. The maximum absolute atomic E-state index is 12.6. The van der Waals surface area contributed by atoms with E-state index in [4.69, 9.17) is 21.1 Å². The minimum atomic E-state index is -0.571. The Hall–Kier alpha value is -2.60. The van der Waals surface area contributed by atoms with Gasteiger partial charge in [-0.05, 0) is 37.4 Å². The number of hydrogen-bond acceptors (Lipinski definition) is 5. The normalized spacial score (nSPS) is 10.8. The average Bonchev–Trinajstić information content (AvgIpc) is 2.87. The van der Waals surface area contributed by atoms with Crippen LogP contribution in [0.25, 0.3) is 10.8 Å². The Morgan fingerprint density at radius 1 is 1.29 bits per heavy atom. The van der Waals surface area contributed by atoms with Gasteiger partial charge in [0.2, 0.25) is 0 Å². The molecule has 0 unspecified atom stereocenters. The highest BCUT2D eigenvalue weighted by Crippen LogP contribution is 2.33. The number of carbonyl (C=O) groups excluding carboxylic acids is 1. The molecule has 3 aromatic rings. The number of carbonyl (C=O) groups is 1. The molecule has 7 heteroatoms. The summed E-state index contributed by atoms with van der Waals surface area (Å²) >= 11 is 6.22. The topological polar surface area (TPSA) is 66.2 Å². The Labute approximate surface area is 144 Å². The number of esters is 1. The summed E-state index contributed by atoms with van der Waals surface area (Å²) in [7, 11) is 1.52. The molecule has 0 aliphatic rings. The van der Waals surface area contributed by atoms with Gasteiger partial charge in [0, 0.05) is 24.3 Å². The molecule has 0 radical (unpaired) electrons. The zero-order valence-electron chi connectivity index (χ0n) is 13.5. The highest BCUT2D eigenvalue weighted by Gasteiger charge is 2.23. The number of benzene rings is 1. The molecular formula is C17H16ClN3O3. The lowest BCUT2D eigenvalue weighted by atomic mass is 10.1. The van der Waals surface area contributed by atoms with Crippen molar-refractivity contribution in [3.63, 3.8) is 0 Å². The van der Waals surface area contributed by atoms with Crippen LogP contribution in [-0.2, 0) is 6.54 Å². The lowest BCUT2D eigenvalue weighted by Crippen LogP contribution is -2.11. The molecule has 0 atom stereocenters. The lowest BCUT2D eigenvalue weighted by Gasteiger charge is -2.10. The molecule has 0 spiro atoms. The maximum Gasteiger partial charge on any atom is 0.348 e. The van der Waals surface area contributed by atoms with Crippen molar-refractivity contribution in [2.24, 2.45) is 0 Å². The summed E-state index contributed by atoms with van der Waals surface area (Å²) in [5.74, 6) is 0.195. The number of ether oxygens (including phenoxy) is 2. The lowest BCUT2D eigenvalue weighted by molar-refractivity contribution is 0.0729. The Bertz CT molecular complexity index is 921. The van der Waals surface area contributed by atoms with Gasteiger partial charge in [0.25, 0.3) is 0 Å². The van der Waals surface area contributed by atoms with Gasteiger partial charge in [0.15, 0.2) is 11.5 Å². The third-order valence-corrected chi connectivity index (χ3v) is 4.08. The number of hydrogen-bond donors (Lipinski definition) is 0. The van der Waals surface area contributed by atoms with Crippen LogP contribution in [0.1, 0.15) is 23.0 Å². The smallest absolute Gasteiger partial charge is 0.348 e. The maximum atomic E-state index is 12.6. The van der Waals surface area contributed by atoms with E-state index in [1.54, 1.807) is 36.1 Å². The molecule has 2 aromatic heterocycles. The molecular weight excluding hydrogens is 330 g/mol. The fraction of sp³-hybridized carbons (Fsp3) is 0.235. The number of nitrogens with zero attached hydrogens (tertiary/aromatic N) is 3. The quantitative estimate of drug-likeness (QED) is 0.533. The van der Waals surface area contributed by atoms with Crippen LogP contribution in [-0.4, -0.2) is 27.8 Å². The van der Waals surface area contributed by atoms with E-state index in [1.807, 2.05) is 13.0 Å². The predicted octanol–water partition coefficient (Wildman–Crippen LogP) is 3.64. The number of rotatable bonds is 4. The van der Waals surface area contributed by atoms with E-state index in [1.165, 1.54) is 7.11 Å². The first-order chi connectivity index (χ1) is 11.5. The first-order valence-corrected chi connectivity index (χ1v) is 7.79. The van der Waals surface area contributed by atoms with Crippen molar-refractivity contribution >= 4 is 28.3 Å². The first kappa shape index (κ1) is 16.3. The van der Waals surface area contributed by atoms with Gasteiger partial charge < -0.3 is 9.47 Å². The predicted molar refractivity (Wildman–Crippen MR) is 90.9 cm³/mol. The highest BCUT2D eigenvalue weighted by molar-refractivity contribution is 6.32. The van der Waals surface area contributed by atoms with Crippen molar-refractivity contribution in [3.8, 4) is 11.5 Å². The fourth-order valence-electron chi connectivity index (χ4n) is 2.48. The molecule has 0 aliphatic carbocycles. The average molecular weight is 346 g/mol. The van der Waals surface area contributed by atoms with Crippen LogP contribution in [0, 0.1) is 6.92 Å². The Balaban J connectivity index is 2.00. The van der Waals surface area contributed by atoms with E-state index < -0.39 is 5.97 Å². The standard InChI is InChI=1S/C17H16ClN3O3/c1-4-21-16(18)15(10(2)20-21)17(22)24-14-8-12-9-19-6-5-11(12)7-13(14)23-3/h5-9H,4H2,1-3H3.